The highest BCUT2D eigenvalue weighted by Gasteiger charge is 2.14. The Morgan fingerprint density at radius 3 is 2.35 bits per heavy atom. The molecule has 0 saturated carbocycles. The Balaban J connectivity index is 1.68. The van der Waals surface area contributed by atoms with Crippen LogP contribution in [0.2, 0.25) is 0 Å². The number of ether oxygens (including phenoxy) is 1. The van der Waals surface area contributed by atoms with Crippen molar-refractivity contribution in [2.45, 2.75) is 26.2 Å². The summed E-state index contributed by atoms with van der Waals surface area (Å²) in [4.78, 5) is 24.7. The van der Waals surface area contributed by atoms with E-state index in [0.29, 0.717) is 17.0 Å². The first-order chi connectivity index (χ1) is 12.6. The largest absolute Gasteiger partial charge is 0.454 e. The second kappa shape index (κ2) is 7.96. The van der Waals surface area contributed by atoms with Crippen LogP contribution in [0.3, 0.4) is 0 Å². The Hall–Kier alpha value is -2.94. The number of rotatable bonds is 6. The van der Waals surface area contributed by atoms with E-state index in [1.54, 1.807) is 18.2 Å². The molecule has 0 bridgehead atoms. The lowest BCUT2D eigenvalue weighted by atomic mass is 9.97. The summed E-state index contributed by atoms with van der Waals surface area (Å²) in [5.74, 6) is -0.219. The van der Waals surface area contributed by atoms with Gasteiger partial charge in [-0.05, 0) is 34.7 Å². The molecule has 132 valence electrons. The number of fused-ring (bicyclic) bond motifs is 1. The molecule has 1 atom stereocenters. The maximum absolute atomic E-state index is 12.4. The minimum absolute atomic E-state index is 0.200. The summed E-state index contributed by atoms with van der Waals surface area (Å²) in [5, 5.41) is 1.79. The van der Waals surface area contributed by atoms with E-state index in [-0.39, 0.29) is 12.4 Å². The highest BCUT2D eigenvalue weighted by molar-refractivity contribution is 6.05. The molecule has 3 nitrogen and oxygen atoms in total. The van der Waals surface area contributed by atoms with Crippen molar-refractivity contribution in [1.82, 2.24) is 0 Å². The minimum atomic E-state index is -0.480. The van der Waals surface area contributed by atoms with Gasteiger partial charge in [-0.2, -0.15) is 0 Å². The second-order valence-corrected chi connectivity index (χ2v) is 6.46. The van der Waals surface area contributed by atoms with E-state index in [1.165, 1.54) is 5.56 Å². The summed E-state index contributed by atoms with van der Waals surface area (Å²) in [6, 6.07) is 20.6. The molecule has 0 heterocycles. The molecule has 3 rings (SSSR count). The van der Waals surface area contributed by atoms with E-state index in [1.807, 2.05) is 48.5 Å². The van der Waals surface area contributed by atoms with Crippen molar-refractivity contribution in [2.24, 2.45) is 0 Å². The lowest BCUT2D eigenvalue weighted by Crippen LogP contribution is -2.14. The number of ketones is 1. The van der Waals surface area contributed by atoms with Crippen molar-refractivity contribution >= 4 is 22.5 Å². The SMILES string of the molecule is CC[C@@H](C)c1ccc(C(=O)COC(=O)c2cccc3ccccc23)cc1. The quantitative estimate of drug-likeness (QED) is 0.444. The topological polar surface area (TPSA) is 43.4 Å². The fourth-order valence-corrected chi connectivity index (χ4v) is 2.93. The van der Waals surface area contributed by atoms with Gasteiger partial charge in [0.2, 0.25) is 0 Å². The molecule has 0 aliphatic carbocycles. The van der Waals surface area contributed by atoms with Gasteiger partial charge < -0.3 is 4.74 Å². The number of carbonyl (C=O) groups excluding carboxylic acids is 2. The van der Waals surface area contributed by atoms with Gasteiger partial charge in [-0.25, -0.2) is 4.79 Å². The van der Waals surface area contributed by atoms with Gasteiger partial charge >= 0.3 is 5.97 Å². The van der Waals surface area contributed by atoms with Crippen LogP contribution < -0.4 is 0 Å². The van der Waals surface area contributed by atoms with Crippen LogP contribution in [-0.4, -0.2) is 18.4 Å². The maximum atomic E-state index is 12.4. The predicted molar refractivity (Wildman–Crippen MR) is 104 cm³/mol. The molecule has 3 aromatic rings. The Morgan fingerprint density at radius 2 is 1.62 bits per heavy atom. The monoisotopic (exact) mass is 346 g/mol. The Bertz CT molecular complexity index is 920. The van der Waals surface area contributed by atoms with E-state index < -0.39 is 5.97 Å². The van der Waals surface area contributed by atoms with E-state index in [2.05, 4.69) is 13.8 Å². The third-order valence-corrected chi connectivity index (χ3v) is 4.76. The second-order valence-electron chi connectivity index (χ2n) is 6.46. The van der Waals surface area contributed by atoms with Gasteiger partial charge in [0, 0.05) is 5.56 Å². The van der Waals surface area contributed by atoms with E-state index in [9.17, 15) is 9.59 Å². The summed E-state index contributed by atoms with van der Waals surface area (Å²) in [5.41, 5.74) is 2.24. The third-order valence-electron chi connectivity index (χ3n) is 4.76. The molecular formula is C23H22O3. The zero-order valence-electron chi connectivity index (χ0n) is 15.1. The number of benzene rings is 3. The third kappa shape index (κ3) is 3.83. The Morgan fingerprint density at radius 1 is 0.923 bits per heavy atom. The molecule has 0 amide bonds. The molecule has 3 aromatic carbocycles. The van der Waals surface area contributed by atoms with Crippen molar-refractivity contribution in [3.05, 3.63) is 83.4 Å². The number of carbonyl (C=O) groups is 2. The number of hydrogen-bond donors (Lipinski definition) is 0. The van der Waals surface area contributed by atoms with Crippen LogP contribution in [0.5, 0.6) is 0 Å². The number of Topliss-reactive ketones (excluding diaryl/α,β-unsaturated/α-hetero) is 1. The molecule has 0 aliphatic rings. The van der Waals surface area contributed by atoms with Crippen molar-refractivity contribution in [1.29, 1.82) is 0 Å². The average molecular weight is 346 g/mol. The van der Waals surface area contributed by atoms with Crippen LogP contribution >= 0.6 is 0 Å². The fourth-order valence-electron chi connectivity index (χ4n) is 2.93. The summed E-state index contributed by atoms with van der Waals surface area (Å²) in [6.45, 7) is 4.03. The van der Waals surface area contributed by atoms with Crippen molar-refractivity contribution in [3.63, 3.8) is 0 Å². The lowest BCUT2D eigenvalue weighted by molar-refractivity contribution is 0.0476. The standard InChI is InChI=1S/C23H22O3/c1-3-16(2)17-11-13-19(14-12-17)22(24)15-26-23(25)21-10-6-8-18-7-4-5-9-20(18)21/h4-14,16H,3,15H2,1-2H3/t16-/m1/s1. The molecule has 0 fully saturated rings. The predicted octanol–water partition coefficient (Wildman–Crippen LogP) is 5.39. The molecule has 0 aromatic heterocycles. The summed E-state index contributed by atoms with van der Waals surface area (Å²) < 4.78 is 5.26. The molecule has 0 N–H and O–H groups in total. The minimum Gasteiger partial charge on any atom is -0.454 e. The molecule has 3 heteroatoms. The molecule has 0 saturated heterocycles. The Kier molecular flexibility index (Phi) is 5.47. The molecule has 0 aliphatic heterocycles. The van der Waals surface area contributed by atoms with E-state index in [0.717, 1.165) is 17.2 Å². The summed E-state index contributed by atoms with van der Waals surface area (Å²) >= 11 is 0. The van der Waals surface area contributed by atoms with Crippen LogP contribution in [-0.2, 0) is 4.74 Å². The van der Waals surface area contributed by atoms with Gasteiger partial charge in [-0.1, -0.05) is 74.5 Å². The normalized spacial score (nSPS) is 11.9. The highest BCUT2D eigenvalue weighted by atomic mass is 16.5. The van der Waals surface area contributed by atoms with Crippen molar-refractivity contribution in [2.75, 3.05) is 6.61 Å². The van der Waals surface area contributed by atoms with Crippen LogP contribution in [0, 0.1) is 0 Å². The maximum Gasteiger partial charge on any atom is 0.339 e. The van der Waals surface area contributed by atoms with Crippen LogP contribution in [0.15, 0.2) is 66.7 Å². The van der Waals surface area contributed by atoms with Gasteiger partial charge in [0.25, 0.3) is 0 Å². The summed E-state index contributed by atoms with van der Waals surface area (Å²) in [7, 11) is 0. The van der Waals surface area contributed by atoms with E-state index in [4.69, 9.17) is 4.74 Å². The molecule has 26 heavy (non-hydrogen) atoms. The van der Waals surface area contributed by atoms with Gasteiger partial charge in [-0.3, -0.25) is 4.79 Å². The summed E-state index contributed by atoms with van der Waals surface area (Å²) in [6.07, 6.45) is 1.05. The van der Waals surface area contributed by atoms with Crippen LogP contribution in [0.1, 0.15) is 52.5 Å². The number of hydrogen-bond acceptors (Lipinski definition) is 3. The van der Waals surface area contributed by atoms with Gasteiger partial charge in [0.1, 0.15) is 0 Å². The molecule has 0 unspecified atom stereocenters. The molecule has 0 radical (unpaired) electrons. The van der Waals surface area contributed by atoms with Gasteiger partial charge in [-0.15, -0.1) is 0 Å². The Labute approximate surface area is 153 Å². The smallest absolute Gasteiger partial charge is 0.339 e. The average Bonchev–Trinajstić information content (AvgIpc) is 2.70. The first kappa shape index (κ1) is 17.9. The highest BCUT2D eigenvalue weighted by Crippen LogP contribution is 2.20. The first-order valence-corrected chi connectivity index (χ1v) is 8.88. The zero-order valence-corrected chi connectivity index (χ0v) is 15.1. The van der Waals surface area contributed by atoms with Gasteiger partial charge in [0.15, 0.2) is 12.4 Å². The van der Waals surface area contributed by atoms with Crippen LogP contribution in [0.4, 0.5) is 0 Å². The molecule has 0 spiro atoms. The van der Waals surface area contributed by atoms with Gasteiger partial charge in [0.05, 0.1) is 5.56 Å². The number of esters is 1. The van der Waals surface area contributed by atoms with Crippen LogP contribution in [0.25, 0.3) is 10.8 Å². The van der Waals surface area contributed by atoms with Crippen molar-refractivity contribution in [3.8, 4) is 0 Å². The zero-order chi connectivity index (χ0) is 18.5. The fraction of sp³-hybridized carbons (Fsp3) is 0.217. The van der Waals surface area contributed by atoms with Crippen molar-refractivity contribution < 1.29 is 14.3 Å². The lowest BCUT2D eigenvalue weighted by Gasteiger charge is -2.10. The first-order valence-electron chi connectivity index (χ1n) is 8.88. The van der Waals surface area contributed by atoms with E-state index >= 15 is 0 Å². The molecular weight excluding hydrogens is 324 g/mol.